The van der Waals surface area contributed by atoms with Crippen LogP contribution in [-0.4, -0.2) is 65.7 Å². The zero-order valence-electron chi connectivity index (χ0n) is 12.3. The Morgan fingerprint density at radius 3 is 2.65 bits per heavy atom. The van der Waals surface area contributed by atoms with Crippen molar-refractivity contribution in [1.29, 1.82) is 0 Å². The van der Waals surface area contributed by atoms with Crippen LogP contribution in [-0.2, 0) is 4.79 Å². The first-order valence-electron chi connectivity index (χ1n) is 7.46. The van der Waals surface area contributed by atoms with Gasteiger partial charge in [0.15, 0.2) is 0 Å². The van der Waals surface area contributed by atoms with E-state index in [1.165, 1.54) is 4.90 Å². The van der Waals surface area contributed by atoms with Gasteiger partial charge in [0.05, 0.1) is 0 Å². The van der Waals surface area contributed by atoms with E-state index in [9.17, 15) is 14.7 Å². The van der Waals surface area contributed by atoms with Gasteiger partial charge in [-0.1, -0.05) is 6.92 Å². The molecule has 0 radical (unpaired) electrons. The number of hydrogen-bond acceptors (Lipinski definition) is 3. The van der Waals surface area contributed by atoms with E-state index in [0.29, 0.717) is 18.9 Å². The molecule has 2 N–H and O–H groups in total. The summed E-state index contributed by atoms with van der Waals surface area (Å²) in [6, 6.07) is -0.764. The van der Waals surface area contributed by atoms with Crippen LogP contribution < -0.4 is 5.32 Å². The van der Waals surface area contributed by atoms with E-state index in [0.717, 1.165) is 32.4 Å². The van der Waals surface area contributed by atoms with E-state index in [2.05, 4.69) is 10.2 Å². The summed E-state index contributed by atoms with van der Waals surface area (Å²) >= 11 is 0. The van der Waals surface area contributed by atoms with Crippen molar-refractivity contribution in [3.63, 3.8) is 0 Å². The normalized spacial score (nSPS) is 31.9. The maximum atomic E-state index is 12.3. The monoisotopic (exact) mass is 283 g/mol. The van der Waals surface area contributed by atoms with Crippen molar-refractivity contribution in [2.45, 2.75) is 44.7 Å². The first kappa shape index (κ1) is 15.1. The average molecular weight is 283 g/mol. The Kier molecular flexibility index (Phi) is 4.86. The Labute approximate surface area is 120 Å². The Balaban J connectivity index is 1.94. The first-order chi connectivity index (χ1) is 9.47. The molecule has 2 heterocycles. The van der Waals surface area contributed by atoms with Gasteiger partial charge in [-0.25, -0.2) is 9.59 Å². The second-order valence-corrected chi connectivity index (χ2v) is 6.23. The minimum atomic E-state index is -0.896. The van der Waals surface area contributed by atoms with E-state index < -0.39 is 12.0 Å². The molecule has 6 heteroatoms. The molecule has 0 bridgehead atoms. The second kappa shape index (κ2) is 6.43. The van der Waals surface area contributed by atoms with Gasteiger partial charge in [-0.05, 0) is 45.2 Å². The zero-order chi connectivity index (χ0) is 14.7. The van der Waals surface area contributed by atoms with E-state index in [4.69, 9.17) is 0 Å². The fraction of sp³-hybridized carbons (Fsp3) is 0.857. The number of likely N-dealkylation sites (N-methyl/N-ethyl adjacent to an activating group) is 1. The highest BCUT2D eigenvalue weighted by Gasteiger charge is 2.35. The summed E-state index contributed by atoms with van der Waals surface area (Å²) in [6.07, 6.45) is 3.47. The summed E-state index contributed by atoms with van der Waals surface area (Å²) in [7, 11) is 2.04. The van der Waals surface area contributed by atoms with Crippen LogP contribution in [0.2, 0.25) is 0 Å². The number of hydrogen-bond donors (Lipinski definition) is 2. The van der Waals surface area contributed by atoms with Crippen LogP contribution in [0.3, 0.4) is 0 Å². The quantitative estimate of drug-likeness (QED) is 0.792. The Morgan fingerprint density at radius 2 is 2.00 bits per heavy atom. The minimum absolute atomic E-state index is 0.134. The molecular weight excluding hydrogens is 258 g/mol. The van der Waals surface area contributed by atoms with Crippen molar-refractivity contribution in [2.75, 3.05) is 26.7 Å². The largest absolute Gasteiger partial charge is 0.480 e. The fourth-order valence-corrected chi connectivity index (χ4v) is 3.16. The Hall–Kier alpha value is -1.30. The number of carbonyl (C=O) groups is 2. The molecule has 2 aliphatic heterocycles. The van der Waals surface area contributed by atoms with Gasteiger partial charge < -0.3 is 20.2 Å². The van der Waals surface area contributed by atoms with Crippen molar-refractivity contribution in [3.05, 3.63) is 0 Å². The highest BCUT2D eigenvalue weighted by Crippen LogP contribution is 2.23. The molecule has 0 aromatic rings. The van der Waals surface area contributed by atoms with Gasteiger partial charge >= 0.3 is 12.0 Å². The molecule has 2 aliphatic rings. The van der Waals surface area contributed by atoms with E-state index in [1.807, 2.05) is 14.0 Å². The lowest BCUT2D eigenvalue weighted by Crippen LogP contribution is -2.57. The summed E-state index contributed by atoms with van der Waals surface area (Å²) in [5, 5.41) is 12.3. The maximum Gasteiger partial charge on any atom is 0.326 e. The molecule has 2 rings (SSSR count). The molecular formula is C14H25N3O3. The smallest absolute Gasteiger partial charge is 0.326 e. The van der Waals surface area contributed by atoms with Crippen LogP contribution >= 0.6 is 0 Å². The van der Waals surface area contributed by atoms with Gasteiger partial charge in [0.2, 0.25) is 0 Å². The number of carbonyl (C=O) groups excluding carboxylic acids is 1. The van der Waals surface area contributed by atoms with Crippen molar-refractivity contribution in [1.82, 2.24) is 15.1 Å². The van der Waals surface area contributed by atoms with Gasteiger partial charge in [-0.15, -0.1) is 0 Å². The van der Waals surface area contributed by atoms with Crippen molar-refractivity contribution < 1.29 is 14.7 Å². The van der Waals surface area contributed by atoms with E-state index >= 15 is 0 Å². The number of piperidine rings is 2. The van der Waals surface area contributed by atoms with Crippen LogP contribution in [0.25, 0.3) is 0 Å². The molecule has 20 heavy (non-hydrogen) atoms. The lowest BCUT2D eigenvalue weighted by atomic mass is 9.92. The number of likely N-dealkylation sites (tertiary alicyclic amines) is 2. The minimum Gasteiger partial charge on any atom is -0.480 e. The number of nitrogens with one attached hydrogen (secondary N) is 1. The van der Waals surface area contributed by atoms with Crippen LogP contribution in [0.15, 0.2) is 0 Å². The molecule has 3 unspecified atom stereocenters. The van der Waals surface area contributed by atoms with Crippen LogP contribution in [0.4, 0.5) is 4.79 Å². The number of carboxylic acid groups (broad SMARTS) is 1. The first-order valence-corrected chi connectivity index (χ1v) is 7.46. The summed E-state index contributed by atoms with van der Waals surface area (Å²) in [6.45, 7) is 4.48. The van der Waals surface area contributed by atoms with Crippen molar-refractivity contribution in [3.8, 4) is 0 Å². The molecule has 0 saturated carbocycles. The Morgan fingerprint density at radius 1 is 1.25 bits per heavy atom. The van der Waals surface area contributed by atoms with Gasteiger partial charge in [0.1, 0.15) is 6.04 Å². The molecule has 3 atom stereocenters. The summed E-state index contributed by atoms with van der Waals surface area (Å²) in [5.41, 5.74) is 0. The molecule has 0 aromatic heterocycles. The number of amides is 2. The van der Waals surface area contributed by atoms with E-state index in [-0.39, 0.29) is 12.1 Å². The summed E-state index contributed by atoms with van der Waals surface area (Å²) < 4.78 is 0. The number of carboxylic acids is 1. The molecule has 114 valence electrons. The van der Waals surface area contributed by atoms with Gasteiger partial charge in [-0.3, -0.25) is 0 Å². The van der Waals surface area contributed by atoms with Gasteiger partial charge in [-0.2, -0.15) is 0 Å². The standard InChI is InChI=1S/C14H25N3O3/c1-10-5-7-17(12(8-10)13(18)19)14(20)15-11-4-3-6-16(2)9-11/h10-12H,3-9H2,1-2H3,(H,15,20)(H,18,19). The maximum absolute atomic E-state index is 12.3. The number of rotatable bonds is 2. The molecule has 6 nitrogen and oxygen atoms in total. The van der Waals surface area contributed by atoms with Crippen molar-refractivity contribution >= 4 is 12.0 Å². The number of aliphatic carboxylic acids is 1. The third-order valence-electron chi connectivity index (χ3n) is 4.36. The van der Waals surface area contributed by atoms with Crippen LogP contribution in [0.5, 0.6) is 0 Å². The highest BCUT2D eigenvalue weighted by atomic mass is 16.4. The predicted molar refractivity (Wildman–Crippen MR) is 75.6 cm³/mol. The van der Waals surface area contributed by atoms with Crippen molar-refractivity contribution in [2.24, 2.45) is 5.92 Å². The molecule has 2 saturated heterocycles. The third kappa shape index (κ3) is 3.62. The lowest BCUT2D eigenvalue weighted by Gasteiger charge is -2.38. The molecule has 0 aromatic carbocycles. The Bertz CT molecular complexity index is 375. The molecule has 0 aliphatic carbocycles. The summed E-state index contributed by atoms with van der Waals surface area (Å²) in [4.78, 5) is 27.3. The van der Waals surface area contributed by atoms with Gasteiger partial charge in [0.25, 0.3) is 0 Å². The molecule has 2 amide bonds. The SMILES string of the molecule is CC1CCN(C(=O)NC2CCCN(C)C2)C(C(=O)O)C1. The number of urea groups is 1. The average Bonchev–Trinajstić information content (AvgIpc) is 2.38. The second-order valence-electron chi connectivity index (χ2n) is 6.23. The topological polar surface area (TPSA) is 72.9 Å². The molecule has 2 fully saturated rings. The lowest BCUT2D eigenvalue weighted by molar-refractivity contribution is -0.143. The van der Waals surface area contributed by atoms with Crippen LogP contribution in [0, 0.1) is 5.92 Å². The van der Waals surface area contributed by atoms with E-state index in [1.54, 1.807) is 0 Å². The third-order valence-corrected chi connectivity index (χ3v) is 4.36. The predicted octanol–water partition coefficient (Wildman–Crippen LogP) is 0.975. The highest BCUT2D eigenvalue weighted by molar-refractivity contribution is 5.83. The number of nitrogens with zero attached hydrogens (tertiary/aromatic N) is 2. The van der Waals surface area contributed by atoms with Gasteiger partial charge in [0, 0.05) is 19.1 Å². The fourth-order valence-electron chi connectivity index (χ4n) is 3.16. The summed E-state index contributed by atoms with van der Waals surface area (Å²) in [5.74, 6) is -0.534. The van der Waals surface area contributed by atoms with Crippen LogP contribution in [0.1, 0.15) is 32.6 Å². The zero-order valence-corrected chi connectivity index (χ0v) is 12.3. The molecule has 0 spiro atoms.